The molecule has 0 radical (unpaired) electrons. The van der Waals surface area contributed by atoms with E-state index in [2.05, 4.69) is 10.3 Å². The van der Waals surface area contributed by atoms with Crippen molar-refractivity contribution in [1.29, 1.82) is 0 Å². The molecular formula is C17H14F3N3O. The van der Waals surface area contributed by atoms with Gasteiger partial charge in [-0.3, -0.25) is 4.79 Å². The van der Waals surface area contributed by atoms with Crippen molar-refractivity contribution in [2.45, 2.75) is 12.6 Å². The monoisotopic (exact) mass is 333 g/mol. The maximum Gasteiger partial charge on any atom is 0.416 e. The number of carbonyl (C=O) groups excluding carboxylic acids is 1. The Morgan fingerprint density at radius 2 is 1.88 bits per heavy atom. The Hall–Kier alpha value is -2.83. The number of benzene rings is 1. The maximum absolute atomic E-state index is 12.5. The molecule has 1 N–H and O–H groups in total. The number of nitrogens with zero attached hydrogens (tertiary/aromatic N) is 2. The average molecular weight is 333 g/mol. The van der Waals surface area contributed by atoms with Crippen LogP contribution in [0, 0.1) is 0 Å². The van der Waals surface area contributed by atoms with Crippen LogP contribution >= 0.6 is 0 Å². The van der Waals surface area contributed by atoms with Crippen molar-refractivity contribution in [3.8, 4) is 0 Å². The summed E-state index contributed by atoms with van der Waals surface area (Å²) in [5.41, 5.74) is 0.375. The highest BCUT2D eigenvalue weighted by atomic mass is 19.4. The van der Waals surface area contributed by atoms with Crippen molar-refractivity contribution in [3.05, 3.63) is 71.8 Å². The lowest BCUT2D eigenvalue weighted by molar-refractivity contribution is -0.137. The van der Waals surface area contributed by atoms with Crippen molar-refractivity contribution in [1.82, 2.24) is 14.7 Å². The number of imidazole rings is 1. The normalized spacial score (nSPS) is 11.6. The molecule has 24 heavy (non-hydrogen) atoms. The van der Waals surface area contributed by atoms with E-state index in [1.807, 2.05) is 28.8 Å². The summed E-state index contributed by atoms with van der Waals surface area (Å²) in [6, 6.07) is 9.86. The predicted octanol–water partition coefficient (Wildman–Crippen LogP) is 3.33. The summed E-state index contributed by atoms with van der Waals surface area (Å²) >= 11 is 0. The Morgan fingerprint density at radius 3 is 2.58 bits per heavy atom. The first-order chi connectivity index (χ1) is 11.4. The number of nitrogens with one attached hydrogen (secondary N) is 1. The van der Waals surface area contributed by atoms with Crippen molar-refractivity contribution >= 4 is 11.4 Å². The van der Waals surface area contributed by atoms with Gasteiger partial charge in [0.05, 0.1) is 17.3 Å². The lowest BCUT2D eigenvalue weighted by atomic mass is 10.1. The van der Waals surface area contributed by atoms with Gasteiger partial charge >= 0.3 is 6.18 Å². The molecule has 0 saturated carbocycles. The highest BCUT2D eigenvalue weighted by molar-refractivity contribution is 5.94. The zero-order valence-electron chi connectivity index (χ0n) is 12.5. The number of hydrogen-bond donors (Lipinski definition) is 1. The van der Waals surface area contributed by atoms with Gasteiger partial charge in [-0.25, -0.2) is 4.98 Å². The highest BCUT2D eigenvalue weighted by Crippen LogP contribution is 2.29. The van der Waals surface area contributed by atoms with Crippen LogP contribution in [0.25, 0.3) is 5.52 Å². The summed E-state index contributed by atoms with van der Waals surface area (Å²) in [5, 5.41) is 2.69. The molecule has 0 atom stereocenters. The van der Waals surface area contributed by atoms with Crippen LogP contribution in [-0.4, -0.2) is 21.8 Å². The number of halogens is 3. The summed E-state index contributed by atoms with van der Waals surface area (Å²) in [7, 11) is 0. The zero-order valence-corrected chi connectivity index (χ0v) is 12.5. The maximum atomic E-state index is 12.5. The smallest absolute Gasteiger partial charge is 0.352 e. The van der Waals surface area contributed by atoms with Crippen LogP contribution in [0.4, 0.5) is 13.2 Å². The molecular weight excluding hydrogens is 319 g/mol. The van der Waals surface area contributed by atoms with Gasteiger partial charge in [-0.1, -0.05) is 6.07 Å². The number of pyridine rings is 1. The number of carbonyl (C=O) groups is 1. The Bertz CT molecular complexity index is 853. The van der Waals surface area contributed by atoms with Gasteiger partial charge in [-0.2, -0.15) is 13.2 Å². The van der Waals surface area contributed by atoms with Gasteiger partial charge in [0.1, 0.15) is 5.82 Å². The average Bonchev–Trinajstić information content (AvgIpc) is 2.97. The fourth-order valence-electron chi connectivity index (χ4n) is 2.38. The van der Waals surface area contributed by atoms with Gasteiger partial charge < -0.3 is 9.72 Å². The molecule has 1 amide bonds. The molecule has 124 valence electrons. The SMILES string of the molecule is O=C(NCCc1ncc2ccccn12)c1ccc(C(F)(F)F)cc1. The fourth-order valence-corrected chi connectivity index (χ4v) is 2.38. The van der Waals surface area contributed by atoms with E-state index in [9.17, 15) is 18.0 Å². The standard InChI is InChI=1S/C17H14F3N3O/c18-17(19,20)13-6-4-12(5-7-13)16(24)21-9-8-15-22-11-14-3-1-2-10-23(14)15/h1-7,10-11H,8-9H2,(H,21,24). The molecule has 3 aromatic rings. The molecule has 0 aliphatic rings. The molecule has 0 aliphatic carbocycles. The molecule has 0 bridgehead atoms. The number of hydrogen-bond acceptors (Lipinski definition) is 2. The van der Waals surface area contributed by atoms with E-state index < -0.39 is 17.6 Å². The van der Waals surface area contributed by atoms with E-state index in [1.54, 1.807) is 6.20 Å². The van der Waals surface area contributed by atoms with E-state index in [4.69, 9.17) is 0 Å². The van der Waals surface area contributed by atoms with Gasteiger partial charge in [-0.05, 0) is 36.4 Å². The largest absolute Gasteiger partial charge is 0.416 e. The van der Waals surface area contributed by atoms with Crippen LogP contribution in [0.3, 0.4) is 0 Å². The molecule has 0 aliphatic heterocycles. The zero-order chi connectivity index (χ0) is 17.2. The first-order valence-corrected chi connectivity index (χ1v) is 7.31. The minimum atomic E-state index is -4.41. The quantitative estimate of drug-likeness (QED) is 0.796. The second-order valence-corrected chi connectivity index (χ2v) is 5.25. The third-order valence-electron chi connectivity index (χ3n) is 3.62. The van der Waals surface area contributed by atoms with E-state index in [-0.39, 0.29) is 5.56 Å². The topological polar surface area (TPSA) is 46.4 Å². The molecule has 7 heteroatoms. The second kappa shape index (κ2) is 6.35. The fraction of sp³-hybridized carbons (Fsp3) is 0.176. The molecule has 0 unspecified atom stereocenters. The lowest BCUT2D eigenvalue weighted by Crippen LogP contribution is -2.26. The van der Waals surface area contributed by atoms with Crippen LogP contribution in [0.15, 0.2) is 54.9 Å². The Morgan fingerprint density at radius 1 is 1.12 bits per heavy atom. The number of fused-ring (bicyclic) bond motifs is 1. The minimum Gasteiger partial charge on any atom is -0.352 e. The van der Waals surface area contributed by atoms with Crippen LogP contribution < -0.4 is 5.32 Å². The van der Waals surface area contributed by atoms with E-state index in [0.29, 0.717) is 13.0 Å². The van der Waals surface area contributed by atoms with Gasteiger partial charge in [0.2, 0.25) is 0 Å². The second-order valence-electron chi connectivity index (χ2n) is 5.25. The summed E-state index contributed by atoms with van der Waals surface area (Å²) < 4.78 is 39.4. The van der Waals surface area contributed by atoms with E-state index >= 15 is 0 Å². The molecule has 1 aromatic carbocycles. The van der Waals surface area contributed by atoms with Gasteiger partial charge in [-0.15, -0.1) is 0 Å². The minimum absolute atomic E-state index is 0.191. The summed E-state index contributed by atoms with van der Waals surface area (Å²) in [6.07, 6.45) is -0.260. The van der Waals surface area contributed by atoms with E-state index in [0.717, 1.165) is 23.5 Å². The third kappa shape index (κ3) is 3.40. The van der Waals surface area contributed by atoms with Crippen LogP contribution in [0.2, 0.25) is 0 Å². The molecule has 0 spiro atoms. The van der Waals surface area contributed by atoms with Crippen molar-refractivity contribution in [2.24, 2.45) is 0 Å². The summed E-state index contributed by atoms with van der Waals surface area (Å²) in [5.74, 6) is 0.392. The van der Waals surface area contributed by atoms with Crippen molar-refractivity contribution < 1.29 is 18.0 Å². The Labute approximate surface area is 135 Å². The Balaban J connectivity index is 1.59. The number of aromatic nitrogens is 2. The predicted molar refractivity (Wildman–Crippen MR) is 82.7 cm³/mol. The lowest BCUT2D eigenvalue weighted by Gasteiger charge is -2.08. The third-order valence-corrected chi connectivity index (χ3v) is 3.62. The van der Waals surface area contributed by atoms with Crippen LogP contribution in [0.5, 0.6) is 0 Å². The molecule has 2 aromatic heterocycles. The molecule has 0 saturated heterocycles. The van der Waals surface area contributed by atoms with Gasteiger partial charge in [0.15, 0.2) is 0 Å². The van der Waals surface area contributed by atoms with Crippen LogP contribution in [-0.2, 0) is 12.6 Å². The van der Waals surface area contributed by atoms with Crippen LogP contribution in [0.1, 0.15) is 21.7 Å². The van der Waals surface area contributed by atoms with E-state index in [1.165, 1.54) is 12.1 Å². The molecule has 4 nitrogen and oxygen atoms in total. The first-order valence-electron chi connectivity index (χ1n) is 7.31. The summed E-state index contributed by atoms with van der Waals surface area (Å²) in [6.45, 7) is 0.341. The number of rotatable bonds is 4. The van der Waals surface area contributed by atoms with Gasteiger partial charge in [0, 0.05) is 24.7 Å². The number of amides is 1. The first kappa shape index (κ1) is 16.0. The van der Waals surface area contributed by atoms with Crippen molar-refractivity contribution in [3.63, 3.8) is 0 Å². The highest BCUT2D eigenvalue weighted by Gasteiger charge is 2.30. The Kier molecular flexibility index (Phi) is 4.24. The van der Waals surface area contributed by atoms with Crippen molar-refractivity contribution in [2.75, 3.05) is 6.54 Å². The molecule has 3 rings (SSSR count). The number of alkyl halides is 3. The molecule has 2 heterocycles. The van der Waals surface area contributed by atoms with Gasteiger partial charge in [0.25, 0.3) is 5.91 Å². The molecule has 0 fully saturated rings. The summed E-state index contributed by atoms with van der Waals surface area (Å²) in [4.78, 5) is 16.3.